The van der Waals surface area contributed by atoms with Crippen molar-refractivity contribution in [1.82, 2.24) is 4.90 Å². The fourth-order valence-corrected chi connectivity index (χ4v) is 2.89. The van der Waals surface area contributed by atoms with Crippen molar-refractivity contribution in [3.63, 3.8) is 0 Å². The summed E-state index contributed by atoms with van der Waals surface area (Å²) in [5.41, 5.74) is 2.49. The van der Waals surface area contributed by atoms with Crippen molar-refractivity contribution in [3.05, 3.63) is 29.3 Å². The largest absolute Gasteiger partial charge is 0.493 e. The van der Waals surface area contributed by atoms with E-state index in [1.165, 1.54) is 11.1 Å². The molecule has 0 aromatic heterocycles. The zero-order chi connectivity index (χ0) is 16.9. The number of hydrogen-bond acceptors (Lipinski definition) is 3. The van der Waals surface area contributed by atoms with E-state index in [1.807, 2.05) is 0 Å². The Balaban J connectivity index is 3.27. The molecule has 0 aliphatic carbocycles. The summed E-state index contributed by atoms with van der Waals surface area (Å²) < 4.78 is 5.93. The summed E-state index contributed by atoms with van der Waals surface area (Å²) in [6.45, 7) is 11.8. The molecule has 0 heterocycles. The molecular formula is C19H33NO2. The molecule has 0 radical (unpaired) electrons. The number of rotatable bonds is 7. The van der Waals surface area contributed by atoms with Gasteiger partial charge in [0.15, 0.2) is 0 Å². The van der Waals surface area contributed by atoms with Crippen molar-refractivity contribution in [3.8, 4) is 5.75 Å². The third-order valence-corrected chi connectivity index (χ3v) is 4.00. The topological polar surface area (TPSA) is 32.7 Å². The van der Waals surface area contributed by atoms with Gasteiger partial charge < -0.3 is 14.7 Å². The Morgan fingerprint density at radius 3 is 2.32 bits per heavy atom. The zero-order valence-electron chi connectivity index (χ0n) is 15.3. The van der Waals surface area contributed by atoms with Gasteiger partial charge in [0.2, 0.25) is 0 Å². The van der Waals surface area contributed by atoms with Gasteiger partial charge in [0.25, 0.3) is 0 Å². The highest BCUT2D eigenvalue weighted by atomic mass is 16.5. The maximum Gasteiger partial charge on any atom is 0.123 e. The first kappa shape index (κ1) is 19.0. The van der Waals surface area contributed by atoms with E-state index < -0.39 is 0 Å². The number of hydrogen-bond donors (Lipinski definition) is 1. The first-order valence-corrected chi connectivity index (χ1v) is 8.26. The van der Waals surface area contributed by atoms with Gasteiger partial charge in [-0.25, -0.2) is 0 Å². The van der Waals surface area contributed by atoms with Gasteiger partial charge in [0.1, 0.15) is 5.75 Å². The van der Waals surface area contributed by atoms with E-state index in [0.29, 0.717) is 0 Å². The molecule has 0 fully saturated rings. The van der Waals surface area contributed by atoms with E-state index in [4.69, 9.17) is 4.74 Å². The minimum absolute atomic E-state index is 0.0262. The smallest absolute Gasteiger partial charge is 0.123 e. The lowest BCUT2D eigenvalue weighted by molar-refractivity contribution is 0.145. The van der Waals surface area contributed by atoms with Gasteiger partial charge in [0.05, 0.1) is 6.61 Å². The Hall–Kier alpha value is -1.06. The van der Waals surface area contributed by atoms with Crippen LogP contribution in [-0.4, -0.2) is 37.3 Å². The molecule has 3 nitrogen and oxygen atoms in total. The number of nitrogens with zero attached hydrogens (tertiary/aromatic N) is 1. The first-order valence-electron chi connectivity index (χ1n) is 8.26. The van der Waals surface area contributed by atoms with Gasteiger partial charge in [-0.05, 0) is 55.1 Å². The summed E-state index contributed by atoms with van der Waals surface area (Å²) in [5, 5.41) is 9.56. The Morgan fingerprint density at radius 1 is 1.23 bits per heavy atom. The average Bonchev–Trinajstić information content (AvgIpc) is 2.44. The fourth-order valence-electron chi connectivity index (χ4n) is 2.89. The van der Waals surface area contributed by atoms with Crippen molar-refractivity contribution in [2.45, 2.75) is 52.5 Å². The second kappa shape index (κ2) is 7.98. The third kappa shape index (κ3) is 4.72. The number of benzene rings is 1. The maximum atomic E-state index is 9.56. The number of aliphatic hydroxyl groups excluding tert-OH is 1. The van der Waals surface area contributed by atoms with Crippen molar-refractivity contribution >= 4 is 0 Å². The molecule has 1 rings (SSSR count). The lowest BCUT2D eigenvalue weighted by Crippen LogP contribution is -2.28. The van der Waals surface area contributed by atoms with Gasteiger partial charge in [-0.3, -0.25) is 0 Å². The van der Waals surface area contributed by atoms with Gasteiger partial charge in [-0.15, -0.1) is 0 Å². The van der Waals surface area contributed by atoms with Crippen LogP contribution in [0.15, 0.2) is 18.2 Å². The fraction of sp³-hybridized carbons (Fsp3) is 0.684. The van der Waals surface area contributed by atoms with E-state index in [1.54, 1.807) is 0 Å². The summed E-state index contributed by atoms with van der Waals surface area (Å²) in [7, 11) is 4.13. The van der Waals surface area contributed by atoms with Crippen LogP contribution in [-0.2, 0) is 5.41 Å². The Kier molecular flexibility index (Phi) is 6.89. The highest BCUT2D eigenvalue weighted by Crippen LogP contribution is 2.36. The molecule has 1 N–H and O–H groups in total. The molecule has 0 aliphatic rings. The third-order valence-electron chi connectivity index (χ3n) is 4.00. The molecule has 126 valence electrons. The van der Waals surface area contributed by atoms with E-state index in [9.17, 15) is 5.11 Å². The molecule has 1 aromatic rings. The second-order valence-electron chi connectivity index (χ2n) is 7.42. The van der Waals surface area contributed by atoms with E-state index in [2.05, 4.69) is 71.8 Å². The maximum absolute atomic E-state index is 9.56. The highest BCUT2D eigenvalue weighted by molar-refractivity contribution is 5.42. The molecule has 1 aromatic carbocycles. The van der Waals surface area contributed by atoms with Gasteiger partial charge >= 0.3 is 0 Å². The van der Waals surface area contributed by atoms with Crippen LogP contribution in [0.4, 0.5) is 0 Å². The van der Waals surface area contributed by atoms with Gasteiger partial charge in [0, 0.05) is 12.6 Å². The van der Waals surface area contributed by atoms with Crippen LogP contribution >= 0.6 is 0 Å². The summed E-state index contributed by atoms with van der Waals surface area (Å²) >= 11 is 0. The van der Waals surface area contributed by atoms with Crippen molar-refractivity contribution < 1.29 is 9.84 Å². The summed E-state index contributed by atoms with van der Waals surface area (Å²) in [6, 6.07) is 6.68. The van der Waals surface area contributed by atoms with Crippen LogP contribution in [0.5, 0.6) is 5.75 Å². The summed E-state index contributed by atoms with van der Waals surface area (Å²) in [4.78, 5) is 2.18. The SMILES string of the molecule is CCCOc1ccc(C(C(C)CO)N(C)C)cc1C(C)(C)C. The monoisotopic (exact) mass is 307 g/mol. The van der Waals surface area contributed by atoms with Crippen LogP contribution in [0.2, 0.25) is 0 Å². The molecule has 2 atom stereocenters. The van der Waals surface area contributed by atoms with E-state index >= 15 is 0 Å². The molecule has 0 saturated heterocycles. The quantitative estimate of drug-likeness (QED) is 0.826. The Morgan fingerprint density at radius 2 is 1.86 bits per heavy atom. The minimum atomic E-state index is 0.0262. The summed E-state index contributed by atoms with van der Waals surface area (Å²) in [6.07, 6.45) is 1.01. The van der Waals surface area contributed by atoms with E-state index in [0.717, 1.165) is 18.8 Å². The van der Waals surface area contributed by atoms with E-state index in [-0.39, 0.29) is 24.0 Å². The Bertz CT molecular complexity index is 463. The molecular weight excluding hydrogens is 274 g/mol. The van der Waals surface area contributed by atoms with Crippen molar-refractivity contribution in [2.24, 2.45) is 5.92 Å². The number of ether oxygens (including phenoxy) is 1. The van der Waals surface area contributed by atoms with Crippen molar-refractivity contribution in [1.29, 1.82) is 0 Å². The van der Waals surface area contributed by atoms with Crippen LogP contribution in [0, 0.1) is 5.92 Å². The lowest BCUT2D eigenvalue weighted by Gasteiger charge is -2.31. The van der Waals surface area contributed by atoms with Crippen molar-refractivity contribution in [2.75, 3.05) is 27.3 Å². The predicted octanol–water partition coefficient (Wildman–Crippen LogP) is 4.00. The van der Waals surface area contributed by atoms with Crippen LogP contribution < -0.4 is 4.74 Å². The minimum Gasteiger partial charge on any atom is -0.493 e. The molecule has 3 heteroatoms. The van der Waals surface area contributed by atoms with Gasteiger partial charge in [-0.2, -0.15) is 0 Å². The van der Waals surface area contributed by atoms with Crippen LogP contribution in [0.3, 0.4) is 0 Å². The average molecular weight is 307 g/mol. The molecule has 0 amide bonds. The molecule has 22 heavy (non-hydrogen) atoms. The standard InChI is InChI=1S/C19H33NO2/c1-8-11-22-17-10-9-15(12-16(17)19(3,4)5)18(20(6)7)14(2)13-21/h9-10,12,14,18,21H,8,11,13H2,1-7H3. The van der Waals surface area contributed by atoms with Gasteiger partial charge in [-0.1, -0.05) is 40.7 Å². The molecule has 0 saturated carbocycles. The Labute approximate surface area is 136 Å². The number of aliphatic hydroxyl groups is 1. The molecule has 2 unspecified atom stereocenters. The lowest BCUT2D eigenvalue weighted by atomic mass is 9.83. The first-order chi connectivity index (χ1) is 10.2. The normalized spacial score (nSPS) is 15.0. The molecule has 0 aliphatic heterocycles. The van der Waals surface area contributed by atoms with Crippen LogP contribution in [0.25, 0.3) is 0 Å². The highest BCUT2D eigenvalue weighted by Gasteiger charge is 2.25. The summed E-state index contributed by atoms with van der Waals surface area (Å²) in [5.74, 6) is 1.16. The second-order valence-corrected chi connectivity index (χ2v) is 7.42. The van der Waals surface area contributed by atoms with Crippen LogP contribution in [0.1, 0.15) is 58.2 Å². The predicted molar refractivity (Wildman–Crippen MR) is 93.6 cm³/mol. The zero-order valence-corrected chi connectivity index (χ0v) is 15.3. The molecule has 0 bridgehead atoms. The molecule has 0 spiro atoms.